The molecule has 0 spiro atoms. The number of aromatic nitrogens is 2. The fourth-order valence-electron chi connectivity index (χ4n) is 1.54. The summed E-state index contributed by atoms with van der Waals surface area (Å²) in [6.45, 7) is 2.06. The number of hydrogen-bond acceptors (Lipinski definition) is 3. The largest absolute Gasteiger partial charge is 0.320 e. The van der Waals surface area contributed by atoms with Gasteiger partial charge in [-0.05, 0) is 24.1 Å². The molecule has 0 amide bonds. The Morgan fingerprint density at radius 2 is 2.00 bits per heavy atom. The first kappa shape index (κ1) is 9.80. The van der Waals surface area contributed by atoms with Crippen molar-refractivity contribution in [2.75, 3.05) is 0 Å². The van der Waals surface area contributed by atoms with Crippen molar-refractivity contribution < 1.29 is 0 Å². The molecule has 1 unspecified atom stereocenters. The molecule has 0 saturated carbocycles. The number of nitrogens with zero attached hydrogens (tertiary/aromatic N) is 2. The topological polar surface area (TPSA) is 51.8 Å². The van der Waals surface area contributed by atoms with Gasteiger partial charge < -0.3 is 5.73 Å². The predicted molar refractivity (Wildman–Crippen MR) is 59.2 cm³/mol. The van der Waals surface area contributed by atoms with Crippen molar-refractivity contribution in [2.45, 2.75) is 13.0 Å². The second kappa shape index (κ2) is 4.19. The van der Waals surface area contributed by atoms with Gasteiger partial charge in [0.05, 0.1) is 12.2 Å². The van der Waals surface area contributed by atoms with E-state index in [1.54, 1.807) is 12.4 Å². The number of nitrogens with two attached hydrogens (primary N) is 1. The summed E-state index contributed by atoms with van der Waals surface area (Å²) in [5, 5.41) is 7.56. The van der Waals surface area contributed by atoms with E-state index in [-0.39, 0.29) is 6.04 Å². The zero-order valence-corrected chi connectivity index (χ0v) is 8.59. The first-order chi connectivity index (χ1) is 7.27. The van der Waals surface area contributed by atoms with Gasteiger partial charge in [-0.3, -0.25) is 0 Å². The van der Waals surface area contributed by atoms with E-state index in [2.05, 4.69) is 29.3 Å². The van der Waals surface area contributed by atoms with Crippen LogP contribution in [-0.2, 0) is 0 Å². The van der Waals surface area contributed by atoms with Gasteiger partial charge in [-0.25, -0.2) is 0 Å². The maximum absolute atomic E-state index is 6.12. The molecule has 2 N–H and O–H groups in total. The molecular formula is C12H13N3. The first-order valence-corrected chi connectivity index (χ1v) is 4.86. The van der Waals surface area contributed by atoms with Crippen LogP contribution in [-0.4, -0.2) is 10.2 Å². The molecule has 1 aromatic heterocycles. The minimum absolute atomic E-state index is 0.125. The summed E-state index contributed by atoms with van der Waals surface area (Å²) in [4.78, 5) is 0. The lowest BCUT2D eigenvalue weighted by Crippen LogP contribution is -2.12. The Balaban J connectivity index is 2.32. The summed E-state index contributed by atoms with van der Waals surface area (Å²) in [7, 11) is 0. The molecule has 0 aliphatic carbocycles. The monoisotopic (exact) mass is 199 g/mol. The highest BCUT2D eigenvalue weighted by atomic mass is 15.1. The Labute approximate surface area is 89.0 Å². The first-order valence-electron chi connectivity index (χ1n) is 4.86. The van der Waals surface area contributed by atoms with Gasteiger partial charge in [-0.1, -0.05) is 29.8 Å². The van der Waals surface area contributed by atoms with Crippen LogP contribution in [0.5, 0.6) is 0 Å². The van der Waals surface area contributed by atoms with E-state index in [1.807, 2.05) is 18.2 Å². The summed E-state index contributed by atoms with van der Waals surface area (Å²) < 4.78 is 0. The predicted octanol–water partition coefficient (Wildman–Crippen LogP) is 1.83. The molecule has 1 atom stereocenters. The molecule has 0 radical (unpaired) electrons. The molecule has 0 bridgehead atoms. The van der Waals surface area contributed by atoms with Gasteiger partial charge >= 0.3 is 0 Å². The van der Waals surface area contributed by atoms with Crippen LogP contribution in [0.1, 0.15) is 22.7 Å². The second-order valence-corrected chi connectivity index (χ2v) is 3.57. The maximum atomic E-state index is 6.12. The minimum atomic E-state index is -0.125. The van der Waals surface area contributed by atoms with Gasteiger partial charge in [0, 0.05) is 6.20 Å². The smallest absolute Gasteiger partial charge is 0.0568 e. The van der Waals surface area contributed by atoms with Crippen molar-refractivity contribution in [3.63, 3.8) is 0 Å². The Hall–Kier alpha value is -1.74. The van der Waals surface area contributed by atoms with Crippen molar-refractivity contribution in [3.05, 3.63) is 59.4 Å². The number of hydrogen-bond donors (Lipinski definition) is 1. The van der Waals surface area contributed by atoms with Crippen molar-refractivity contribution >= 4 is 0 Å². The van der Waals surface area contributed by atoms with Gasteiger partial charge in [0.15, 0.2) is 0 Å². The van der Waals surface area contributed by atoms with Crippen LogP contribution < -0.4 is 5.73 Å². The Morgan fingerprint density at radius 1 is 1.13 bits per heavy atom. The summed E-state index contributed by atoms with van der Waals surface area (Å²) in [5.41, 5.74) is 9.41. The summed E-state index contributed by atoms with van der Waals surface area (Å²) in [5.74, 6) is 0. The van der Waals surface area contributed by atoms with E-state index >= 15 is 0 Å². The van der Waals surface area contributed by atoms with E-state index in [4.69, 9.17) is 5.73 Å². The molecule has 0 aliphatic heterocycles. The Morgan fingerprint density at radius 3 is 2.67 bits per heavy atom. The lowest BCUT2D eigenvalue weighted by Gasteiger charge is -2.11. The summed E-state index contributed by atoms with van der Waals surface area (Å²) in [6.07, 6.45) is 3.36. The standard InChI is InChI=1S/C12H13N3/c1-9-3-2-4-10(7-9)12(13)11-5-6-14-15-8-11/h2-8,12H,13H2,1H3. The van der Waals surface area contributed by atoms with E-state index in [1.165, 1.54) is 5.56 Å². The lowest BCUT2D eigenvalue weighted by molar-refractivity contribution is 0.845. The van der Waals surface area contributed by atoms with Crippen LogP contribution in [0.25, 0.3) is 0 Å². The molecule has 76 valence electrons. The van der Waals surface area contributed by atoms with Crippen molar-refractivity contribution in [1.82, 2.24) is 10.2 Å². The van der Waals surface area contributed by atoms with Crippen LogP contribution in [0.3, 0.4) is 0 Å². The van der Waals surface area contributed by atoms with Crippen molar-refractivity contribution in [3.8, 4) is 0 Å². The van der Waals surface area contributed by atoms with Crippen molar-refractivity contribution in [2.24, 2.45) is 5.73 Å². The molecular weight excluding hydrogens is 186 g/mol. The average molecular weight is 199 g/mol. The molecule has 0 aliphatic rings. The Bertz CT molecular complexity index is 440. The minimum Gasteiger partial charge on any atom is -0.320 e. The van der Waals surface area contributed by atoms with Crippen LogP contribution in [0.4, 0.5) is 0 Å². The van der Waals surface area contributed by atoms with E-state index < -0.39 is 0 Å². The third-order valence-electron chi connectivity index (χ3n) is 2.37. The fourth-order valence-corrected chi connectivity index (χ4v) is 1.54. The van der Waals surface area contributed by atoms with Gasteiger partial charge in [-0.2, -0.15) is 10.2 Å². The third kappa shape index (κ3) is 2.19. The second-order valence-electron chi connectivity index (χ2n) is 3.57. The zero-order valence-electron chi connectivity index (χ0n) is 8.59. The maximum Gasteiger partial charge on any atom is 0.0568 e. The molecule has 1 aromatic carbocycles. The molecule has 0 fully saturated rings. The van der Waals surface area contributed by atoms with Gasteiger partial charge in [0.1, 0.15) is 0 Å². The number of benzene rings is 1. The molecule has 0 saturated heterocycles. The highest BCUT2D eigenvalue weighted by Gasteiger charge is 2.08. The normalized spacial score (nSPS) is 12.4. The fraction of sp³-hybridized carbons (Fsp3) is 0.167. The quantitative estimate of drug-likeness (QED) is 0.802. The molecule has 15 heavy (non-hydrogen) atoms. The van der Waals surface area contributed by atoms with Crippen molar-refractivity contribution in [1.29, 1.82) is 0 Å². The SMILES string of the molecule is Cc1cccc(C(N)c2ccnnc2)c1. The van der Waals surface area contributed by atoms with E-state index in [0.29, 0.717) is 0 Å². The lowest BCUT2D eigenvalue weighted by atomic mass is 10.0. The molecule has 2 aromatic rings. The Kier molecular flexibility index (Phi) is 2.74. The van der Waals surface area contributed by atoms with Crippen LogP contribution >= 0.6 is 0 Å². The highest BCUT2D eigenvalue weighted by Crippen LogP contribution is 2.18. The molecule has 1 heterocycles. The van der Waals surface area contributed by atoms with Crippen LogP contribution in [0, 0.1) is 6.92 Å². The average Bonchev–Trinajstić information content (AvgIpc) is 2.29. The van der Waals surface area contributed by atoms with Crippen LogP contribution in [0.15, 0.2) is 42.7 Å². The van der Waals surface area contributed by atoms with Crippen LogP contribution in [0.2, 0.25) is 0 Å². The summed E-state index contributed by atoms with van der Waals surface area (Å²) >= 11 is 0. The summed E-state index contributed by atoms with van der Waals surface area (Å²) in [6, 6.07) is 9.95. The van der Waals surface area contributed by atoms with Gasteiger partial charge in [0.25, 0.3) is 0 Å². The molecule has 2 rings (SSSR count). The van der Waals surface area contributed by atoms with Gasteiger partial charge in [0.2, 0.25) is 0 Å². The van der Waals surface area contributed by atoms with E-state index in [0.717, 1.165) is 11.1 Å². The molecule has 3 nitrogen and oxygen atoms in total. The third-order valence-corrected chi connectivity index (χ3v) is 2.37. The van der Waals surface area contributed by atoms with E-state index in [9.17, 15) is 0 Å². The number of rotatable bonds is 2. The molecule has 3 heteroatoms. The zero-order chi connectivity index (χ0) is 10.7. The number of aryl methyl sites for hydroxylation is 1. The highest BCUT2D eigenvalue weighted by molar-refractivity contribution is 5.31. The van der Waals surface area contributed by atoms with Gasteiger partial charge in [-0.15, -0.1) is 0 Å².